The quantitative estimate of drug-likeness (QED) is 0.403. The molecule has 0 aromatic heterocycles. The van der Waals surface area contributed by atoms with Gasteiger partial charge in [-0.1, -0.05) is 48.5 Å². The maximum atomic E-state index is 12.9. The average molecular weight is 530 g/mol. The zero-order chi connectivity index (χ0) is 24.3. The molecule has 1 amide bonds. The highest BCUT2D eigenvalue weighted by molar-refractivity contribution is 9.10. The van der Waals surface area contributed by atoms with Gasteiger partial charge < -0.3 is 10.1 Å². The monoisotopic (exact) mass is 528 g/mol. The Hall–Kier alpha value is -0.560. The second-order valence-electron chi connectivity index (χ2n) is 9.18. The van der Waals surface area contributed by atoms with Gasteiger partial charge in [0.15, 0.2) is 0 Å². The summed E-state index contributed by atoms with van der Waals surface area (Å²) in [7, 11) is 0. The predicted octanol–water partition coefficient (Wildman–Crippen LogP) is 7.42. The number of ether oxygens (including phenoxy) is 1. The van der Waals surface area contributed by atoms with E-state index in [0.29, 0.717) is 11.3 Å². The molecule has 1 heterocycles. The molecule has 0 bridgehead atoms. The van der Waals surface area contributed by atoms with Crippen molar-refractivity contribution in [1.82, 2.24) is 9.62 Å². The van der Waals surface area contributed by atoms with Crippen LogP contribution in [0.2, 0.25) is 0 Å². The van der Waals surface area contributed by atoms with E-state index in [0.717, 1.165) is 47.2 Å². The van der Waals surface area contributed by atoms with Crippen LogP contribution < -0.4 is 5.32 Å². The van der Waals surface area contributed by atoms with Gasteiger partial charge in [-0.3, -0.25) is 4.79 Å². The first-order valence-electron chi connectivity index (χ1n) is 12.3. The van der Waals surface area contributed by atoms with Gasteiger partial charge >= 0.3 is 0 Å². The molecule has 2 fully saturated rings. The Morgan fingerprint density at radius 2 is 1.78 bits per heavy atom. The second-order valence-corrected chi connectivity index (χ2v) is 11.2. The summed E-state index contributed by atoms with van der Waals surface area (Å²) in [5.74, 6) is 1.36. The number of carbonyl (C=O) groups excluding carboxylic acids is 1. The summed E-state index contributed by atoms with van der Waals surface area (Å²) < 4.78 is 8.74. The van der Waals surface area contributed by atoms with Gasteiger partial charge in [-0.05, 0) is 89.5 Å². The first-order chi connectivity index (χ1) is 15.2. The topological polar surface area (TPSA) is 41.6 Å². The molecule has 4 nitrogen and oxygen atoms in total. The fourth-order valence-corrected chi connectivity index (χ4v) is 5.57. The van der Waals surface area contributed by atoms with Gasteiger partial charge in [0, 0.05) is 34.1 Å². The normalized spacial score (nSPS) is 22.2. The van der Waals surface area contributed by atoms with Gasteiger partial charge in [0.05, 0.1) is 13.2 Å². The minimum Gasteiger partial charge on any atom is -0.379 e. The first kappa shape index (κ1) is 29.5. The molecule has 1 aromatic rings. The van der Waals surface area contributed by atoms with Gasteiger partial charge in [-0.2, -0.15) is 0 Å². The van der Waals surface area contributed by atoms with Crippen LogP contribution in [0.4, 0.5) is 0 Å². The number of hydrogen-bond acceptors (Lipinski definition) is 4. The molecule has 3 atom stereocenters. The van der Waals surface area contributed by atoms with Gasteiger partial charge in [0.2, 0.25) is 0 Å². The third-order valence-corrected chi connectivity index (χ3v) is 8.27. The van der Waals surface area contributed by atoms with Crippen molar-refractivity contribution in [3.8, 4) is 0 Å². The number of nitrogens with one attached hydrogen (secondary N) is 1. The van der Waals surface area contributed by atoms with Crippen LogP contribution in [0, 0.1) is 17.3 Å². The Labute approximate surface area is 209 Å². The SMILES string of the molecule is CC.CC.CC(NC(=O)c1ccc(Br)c(SN2CCOCC2)c1)C1CCC(C(C)(C)C)C1. The summed E-state index contributed by atoms with van der Waals surface area (Å²) in [4.78, 5) is 14.0. The molecule has 3 rings (SSSR count). The minimum atomic E-state index is 0.0306. The van der Waals surface area contributed by atoms with Gasteiger partial charge in [0.1, 0.15) is 0 Å². The van der Waals surface area contributed by atoms with Crippen molar-refractivity contribution < 1.29 is 9.53 Å². The van der Waals surface area contributed by atoms with Crippen LogP contribution in [-0.2, 0) is 4.74 Å². The smallest absolute Gasteiger partial charge is 0.251 e. The van der Waals surface area contributed by atoms with E-state index in [1.165, 1.54) is 19.3 Å². The number of carbonyl (C=O) groups is 1. The third kappa shape index (κ3) is 9.00. The molecule has 2 aliphatic rings. The van der Waals surface area contributed by atoms with Crippen LogP contribution in [0.1, 0.15) is 85.0 Å². The van der Waals surface area contributed by atoms with E-state index in [9.17, 15) is 4.79 Å². The van der Waals surface area contributed by atoms with Crippen molar-refractivity contribution in [2.75, 3.05) is 26.3 Å². The Morgan fingerprint density at radius 1 is 1.16 bits per heavy atom. The molecule has 184 valence electrons. The van der Waals surface area contributed by atoms with E-state index < -0.39 is 0 Å². The lowest BCUT2D eigenvalue weighted by atomic mass is 9.79. The number of amides is 1. The highest BCUT2D eigenvalue weighted by Gasteiger charge is 2.35. The summed E-state index contributed by atoms with van der Waals surface area (Å²) in [5.41, 5.74) is 1.09. The molecule has 1 aliphatic carbocycles. The highest BCUT2D eigenvalue weighted by Crippen LogP contribution is 2.43. The van der Waals surface area contributed by atoms with Crippen LogP contribution in [0.3, 0.4) is 0 Å². The summed E-state index contributed by atoms with van der Waals surface area (Å²) in [5, 5.41) is 3.26. The maximum Gasteiger partial charge on any atom is 0.251 e. The predicted molar refractivity (Wildman–Crippen MR) is 142 cm³/mol. The van der Waals surface area contributed by atoms with Gasteiger partial charge in [0.25, 0.3) is 5.91 Å². The van der Waals surface area contributed by atoms with Crippen LogP contribution in [0.5, 0.6) is 0 Å². The largest absolute Gasteiger partial charge is 0.379 e. The number of nitrogens with zero attached hydrogens (tertiary/aromatic N) is 1. The Morgan fingerprint density at radius 3 is 2.34 bits per heavy atom. The van der Waals surface area contributed by atoms with Crippen LogP contribution in [0.15, 0.2) is 27.6 Å². The minimum absolute atomic E-state index is 0.0306. The van der Waals surface area contributed by atoms with Crippen LogP contribution in [0.25, 0.3) is 0 Å². The number of benzene rings is 1. The summed E-state index contributed by atoms with van der Waals surface area (Å²) in [6.45, 7) is 20.5. The van der Waals surface area contributed by atoms with Crippen molar-refractivity contribution in [2.24, 2.45) is 17.3 Å². The molecule has 0 radical (unpaired) electrons. The number of rotatable bonds is 5. The van der Waals surface area contributed by atoms with E-state index in [4.69, 9.17) is 4.74 Å². The van der Waals surface area contributed by atoms with E-state index in [1.54, 1.807) is 11.9 Å². The Balaban J connectivity index is 0.00000121. The van der Waals surface area contributed by atoms with Gasteiger partial charge in [-0.25, -0.2) is 4.31 Å². The molecule has 32 heavy (non-hydrogen) atoms. The van der Waals surface area contributed by atoms with Crippen molar-refractivity contribution in [2.45, 2.75) is 85.6 Å². The fourth-order valence-electron chi connectivity index (χ4n) is 4.16. The zero-order valence-corrected chi connectivity index (χ0v) is 23.9. The van der Waals surface area contributed by atoms with E-state index in [2.05, 4.69) is 53.2 Å². The molecule has 3 unspecified atom stereocenters. The second kappa shape index (κ2) is 14.6. The lowest BCUT2D eigenvalue weighted by molar-refractivity contribution is 0.0773. The van der Waals surface area contributed by atoms with Crippen LogP contribution in [-0.4, -0.2) is 42.6 Å². The molecule has 1 aromatic carbocycles. The van der Waals surface area contributed by atoms with E-state index >= 15 is 0 Å². The summed E-state index contributed by atoms with van der Waals surface area (Å²) in [6, 6.07) is 6.09. The Bertz CT molecular complexity index is 687. The third-order valence-electron chi connectivity index (χ3n) is 6.15. The number of morpholine rings is 1. The Kier molecular flexibility index (Phi) is 13.5. The molecular formula is C26H45BrN2O2S. The van der Waals surface area contributed by atoms with Crippen LogP contribution >= 0.6 is 27.9 Å². The highest BCUT2D eigenvalue weighted by atomic mass is 79.9. The van der Waals surface area contributed by atoms with Crippen molar-refractivity contribution in [3.63, 3.8) is 0 Å². The molecular weight excluding hydrogens is 484 g/mol. The fraction of sp³-hybridized carbons (Fsp3) is 0.731. The maximum absolute atomic E-state index is 12.9. The summed E-state index contributed by atoms with van der Waals surface area (Å²) >= 11 is 5.32. The lowest BCUT2D eigenvalue weighted by Crippen LogP contribution is -2.37. The van der Waals surface area contributed by atoms with Gasteiger partial charge in [-0.15, -0.1) is 0 Å². The number of hydrogen-bond donors (Lipinski definition) is 1. The molecule has 1 saturated carbocycles. The number of halogens is 1. The average Bonchev–Trinajstić information content (AvgIpc) is 3.30. The zero-order valence-electron chi connectivity index (χ0n) is 21.5. The van der Waals surface area contributed by atoms with Crippen molar-refractivity contribution >= 4 is 33.8 Å². The standard InChI is InChI=1S/C22H33BrN2O2S.2C2H6/c1-15(16-5-7-18(13-16)22(2,3)4)24-21(26)17-6-8-19(23)20(14-17)28-25-9-11-27-12-10-25;2*1-2/h6,8,14-16,18H,5,7,9-13H2,1-4H3,(H,24,26);2*1-2H3. The van der Waals surface area contributed by atoms with Crippen molar-refractivity contribution in [3.05, 3.63) is 28.2 Å². The molecule has 1 N–H and O–H groups in total. The van der Waals surface area contributed by atoms with Crippen molar-refractivity contribution in [1.29, 1.82) is 0 Å². The molecule has 1 aliphatic heterocycles. The molecule has 1 saturated heterocycles. The van der Waals surface area contributed by atoms with E-state index in [1.807, 2.05) is 45.9 Å². The molecule has 0 spiro atoms. The summed E-state index contributed by atoms with van der Waals surface area (Å²) in [6.07, 6.45) is 3.69. The van der Waals surface area contributed by atoms with E-state index in [-0.39, 0.29) is 11.9 Å². The lowest BCUT2D eigenvalue weighted by Gasteiger charge is -2.28. The first-order valence-corrected chi connectivity index (χ1v) is 13.9. The molecule has 6 heteroatoms.